The van der Waals surface area contributed by atoms with E-state index in [0.717, 1.165) is 24.7 Å². The third-order valence-electron chi connectivity index (χ3n) is 7.00. The maximum absolute atomic E-state index is 11.5. The molecule has 0 aliphatic heterocycles. The molecule has 0 N–H and O–H groups in total. The Morgan fingerprint density at radius 1 is 0.696 bits per heavy atom. The van der Waals surface area contributed by atoms with Gasteiger partial charge in [0, 0.05) is 16.7 Å². The van der Waals surface area contributed by atoms with Crippen molar-refractivity contribution in [2.45, 2.75) is 32.6 Å². The molecule has 1 saturated carbocycles. The Morgan fingerprint density at radius 2 is 1.15 bits per heavy atom. The summed E-state index contributed by atoms with van der Waals surface area (Å²) < 4.78 is 10.1. The topological polar surface area (TPSA) is 207 Å². The van der Waals surface area contributed by atoms with Crippen LogP contribution in [0.15, 0.2) is 88.4 Å². The van der Waals surface area contributed by atoms with Crippen molar-refractivity contribution in [3.8, 4) is 0 Å². The molecule has 14 nitrogen and oxygen atoms in total. The number of carbonyl (C=O) groups excluding carboxylic acids is 1. The Hall–Kier alpha value is -5.09. The van der Waals surface area contributed by atoms with Crippen molar-refractivity contribution >= 4 is 76.3 Å². The summed E-state index contributed by atoms with van der Waals surface area (Å²) in [5.74, 6) is 0.102. The van der Waals surface area contributed by atoms with Crippen molar-refractivity contribution in [2.75, 3.05) is 0 Å². The highest BCUT2D eigenvalue weighted by Crippen LogP contribution is 2.46. The molecule has 5 aromatic rings. The molecule has 0 radical (unpaired) electrons. The second kappa shape index (κ2) is 13.9. The first-order valence-corrected chi connectivity index (χ1v) is 14.8. The highest BCUT2D eigenvalue weighted by Gasteiger charge is 2.32. The quantitative estimate of drug-likeness (QED) is 0.0955. The number of fused-ring (bicyclic) bond motifs is 2. The van der Waals surface area contributed by atoms with E-state index >= 15 is 0 Å². The maximum atomic E-state index is 11.5. The minimum Gasteiger partial charge on any atom is -0.431 e. The van der Waals surface area contributed by atoms with Crippen LogP contribution in [0.2, 0.25) is 0 Å². The monoisotopic (exact) mass is 757 g/mol. The first kappa shape index (κ1) is 33.8. The molecule has 1 aliphatic carbocycles. The number of halogens is 2. The normalized spacial score (nSPS) is 12.0. The first-order chi connectivity index (χ1) is 21.7. The van der Waals surface area contributed by atoms with E-state index in [0.29, 0.717) is 25.5 Å². The zero-order valence-electron chi connectivity index (χ0n) is 23.9. The molecule has 0 unspecified atom stereocenters. The van der Waals surface area contributed by atoms with Crippen LogP contribution >= 0.6 is 31.9 Å². The van der Waals surface area contributed by atoms with E-state index in [-0.39, 0.29) is 44.9 Å². The predicted octanol–water partition coefficient (Wildman–Crippen LogP) is 7.91. The van der Waals surface area contributed by atoms with E-state index in [1.165, 1.54) is 43.5 Å². The second-order valence-electron chi connectivity index (χ2n) is 9.91. The molecule has 1 fully saturated rings. The number of ketones is 1. The van der Waals surface area contributed by atoms with Gasteiger partial charge in [0.25, 0.3) is 17.1 Å². The van der Waals surface area contributed by atoms with E-state index in [4.69, 9.17) is 4.42 Å². The molecule has 236 valence electrons. The molecular weight excluding hydrogens is 738 g/mol. The van der Waals surface area contributed by atoms with E-state index < -0.39 is 26.0 Å². The van der Waals surface area contributed by atoms with Crippen LogP contribution in [0.3, 0.4) is 0 Å². The summed E-state index contributed by atoms with van der Waals surface area (Å²) in [4.78, 5) is 65.0. The fourth-order valence-corrected chi connectivity index (χ4v) is 5.81. The van der Waals surface area contributed by atoms with Crippen molar-refractivity contribution in [1.29, 1.82) is 0 Å². The smallest absolute Gasteiger partial charge is 0.343 e. The number of rotatable bonds is 5. The van der Waals surface area contributed by atoms with Crippen LogP contribution in [0.4, 0.5) is 17.1 Å². The number of nitrogens with zero attached hydrogens (tertiary/aromatic N) is 3. The number of Topliss-reactive ketones (excluding diaryl/α,β-unsaturated/α-hetero) is 1. The van der Waals surface area contributed by atoms with Crippen LogP contribution in [-0.2, 0) is 0 Å². The summed E-state index contributed by atoms with van der Waals surface area (Å²) in [7, 11) is 0. The Bertz CT molecular complexity index is 2170. The number of nitro benzene ring substituents is 3. The fourth-order valence-electron chi connectivity index (χ4n) is 4.74. The molecule has 0 spiro atoms. The maximum Gasteiger partial charge on any atom is 0.343 e. The van der Waals surface area contributed by atoms with Crippen LogP contribution in [0, 0.1) is 37.3 Å². The van der Waals surface area contributed by atoms with Gasteiger partial charge in [0.1, 0.15) is 0 Å². The third-order valence-corrected chi connectivity index (χ3v) is 8.28. The van der Waals surface area contributed by atoms with Crippen molar-refractivity contribution < 1.29 is 28.4 Å². The first-order valence-electron chi connectivity index (χ1n) is 13.2. The Morgan fingerprint density at radius 3 is 1.63 bits per heavy atom. The largest absolute Gasteiger partial charge is 0.431 e. The molecule has 0 bridgehead atoms. The summed E-state index contributed by atoms with van der Waals surface area (Å²) in [5, 5.41) is 33.7. The van der Waals surface area contributed by atoms with Crippen molar-refractivity contribution in [2.24, 2.45) is 0 Å². The summed E-state index contributed by atoms with van der Waals surface area (Å²) in [6.07, 6.45) is 4.31. The zero-order valence-corrected chi connectivity index (χ0v) is 27.0. The van der Waals surface area contributed by atoms with Gasteiger partial charge in [-0.05, 0) is 107 Å². The standard InChI is InChI=1S/C12H9NO4.C9H4BrNO4.C9H8BrNO3/c14-12-10-4-3-8(7-1-2-7)11(13(15)16)9(10)5-6-17-12;10-7-2-1-6-5(8(7)11(13)14)3-4-15-9(6)12;1-5-7(6(2)12)3-4-8(10)9(5)11(13)14/h3-7H,1-2H2;1-4H;3-4H,1-2H3. The number of nitro groups is 3. The third kappa shape index (κ3) is 7.07. The number of benzene rings is 3. The molecule has 0 atom stereocenters. The second-order valence-corrected chi connectivity index (χ2v) is 11.6. The van der Waals surface area contributed by atoms with E-state index in [9.17, 15) is 44.7 Å². The molecule has 0 amide bonds. The molecule has 3 aromatic carbocycles. The van der Waals surface area contributed by atoms with Gasteiger partial charge in [0.2, 0.25) is 0 Å². The van der Waals surface area contributed by atoms with Crippen molar-refractivity contribution in [3.63, 3.8) is 0 Å². The number of hydrogen-bond donors (Lipinski definition) is 0. The summed E-state index contributed by atoms with van der Waals surface area (Å²) in [5.41, 5.74) is 0.289. The molecule has 16 heteroatoms. The lowest BCUT2D eigenvalue weighted by molar-refractivity contribution is -0.386. The molecular formula is C30H21Br2N3O11. The Balaban J connectivity index is 0.000000158. The van der Waals surface area contributed by atoms with Crippen molar-refractivity contribution in [1.82, 2.24) is 0 Å². The van der Waals surface area contributed by atoms with E-state index in [2.05, 4.69) is 36.3 Å². The fraction of sp³-hybridized carbons (Fsp3) is 0.167. The van der Waals surface area contributed by atoms with Gasteiger partial charge in [-0.25, -0.2) is 9.59 Å². The zero-order chi connectivity index (χ0) is 33.9. The van der Waals surface area contributed by atoms with Gasteiger partial charge in [-0.3, -0.25) is 35.1 Å². The SMILES string of the molecule is CC(=O)c1ccc(Br)c([N+](=O)[O-])c1C.O=c1occc2c([N+](=O)[O-])c(Br)ccc12.O=c1occc2c([N+](=O)[O-])c(C3CC3)ccc12. The number of carbonyl (C=O) groups is 1. The van der Waals surface area contributed by atoms with E-state index in [1.807, 2.05) is 0 Å². The molecule has 0 saturated heterocycles. The van der Waals surface area contributed by atoms with Gasteiger partial charge < -0.3 is 8.83 Å². The molecule has 6 rings (SSSR count). The molecule has 1 aliphatic rings. The lowest BCUT2D eigenvalue weighted by Gasteiger charge is -2.03. The van der Waals surface area contributed by atoms with Gasteiger partial charge in [-0.15, -0.1) is 0 Å². The van der Waals surface area contributed by atoms with E-state index in [1.54, 1.807) is 25.1 Å². The Kier molecular flexibility index (Phi) is 10.2. The summed E-state index contributed by atoms with van der Waals surface area (Å²) in [6.45, 7) is 2.96. The summed E-state index contributed by atoms with van der Waals surface area (Å²) in [6, 6.07) is 12.2. The molecule has 2 aromatic heterocycles. The van der Waals surface area contributed by atoms with Crippen LogP contribution in [0.1, 0.15) is 47.2 Å². The highest BCUT2D eigenvalue weighted by molar-refractivity contribution is 9.11. The minimum absolute atomic E-state index is 0.0438. The van der Waals surface area contributed by atoms with Gasteiger partial charge in [0.15, 0.2) is 5.78 Å². The lowest BCUT2D eigenvalue weighted by atomic mass is 10.0. The molecule has 2 heterocycles. The highest BCUT2D eigenvalue weighted by atomic mass is 79.9. The minimum atomic E-state index is -0.580. The van der Waals surface area contributed by atoms with Crippen LogP contribution in [-0.4, -0.2) is 20.6 Å². The summed E-state index contributed by atoms with van der Waals surface area (Å²) >= 11 is 6.15. The Labute approximate surface area is 274 Å². The van der Waals surface area contributed by atoms with Crippen LogP contribution < -0.4 is 11.3 Å². The average molecular weight is 759 g/mol. The van der Waals surface area contributed by atoms with Crippen LogP contribution in [0.25, 0.3) is 21.5 Å². The average Bonchev–Trinajstić information content (AvgIpc) is 3.82. The number of hydrogen-bond acceptors (Lipinski definition) is 11. The molecule has 46 heavy (non-hydrogen) atoms. The van der Waals surface area contributed by atoms with Crippen molar-refractivity contribution in [3.05, 3.63) is 138 Å². The van der Waals surface area contributed by atoms with Gasteiger partial charge >= 0.3 is 11.3 Å². The predicted molar refractivity (Wildman–Crippen MR) is 173 cm³/mol. The lowest BCUT2D eigenvalue weighted by Crippen LogP contribution is -2.02. The van der Waals surface area contributed by atoms with Gasteiger partial charge in [0.05, 0.1) is 57.8 Å². The van der Waals surface area contributed by atoms with Crippen LogP contribution in [0.5, 0.6) is 0 Å². The van der Waals surface area contributed by atoms with Gasteiger partial charge in [-0.1, -0.05) is 6.07 Å². The van der Waals surface area contributed by atoms with Gasteiger partial charge in [-0.2, -0.15) is 0 Å².